The summed E-state index contributed by atoms with van der Waals surface area (Å²) < 4.78 is 27.1. The van der Waals surface area contributed by atoms with Gasteiger partial charge in [-0.05, 0) is 31.9 Å². The van der Waals surface area contributed by atoms with Gasteiger partial charge in [-0.2, -0.15) is 0 Å². The molecule has 1 aliphatic heterocycles. The van der Waals surface area contributed by atoms with Crippen LogP contribution in [-0.4, -0.2) is 35.0 Å². The van der Waals surface area contributed by atoms with E-state index in [9.17, 15) is 18.4 Å². The molecule has 1 aromatic carbocycles. The Balaban J connectivity index is 2.16. The lowest BCUT2D eigenvalue weighted by Crippen LogP contribution is -2.45. The van der Waals surface area contributed by atoms with Crippen molar-refractivity contribution in [3.63, 3.8) is 0 Å². The Bertz CT molecular complexity index is 598. The van der Waals surface area contributed by atoms with Gasteiger partial charge in [-0.25, -0.2) is 8.78 Å². The minimum Gasteiger partial charge on any atom is -0.481 e. The number of benzene rings is 1. The lowest BCUT2D eigenvalue weighted by atomic mass is 9.80. The Hall–Kier alpha value is -1.69. The van der Waals surface area contributed by atoms with Gasteiger partial charge in [0.2, 0.25) is 0 Å². The summed E-state index contributed by atoms with van der Waals surface area (Å²) >= 11 is 5.44. The van der Waals surface area contributed by atoms with Gasteiger partial charge in [-0.3, -0.25) is 9.59 Å². The summed E-state index contributed by atoms with van der Waals surface area (Å²) in [4.78, 5) is 24.7. The summed E-state index contributed by atoms with van der Waals surface area (Å²) in [7, 11) is 0. The molecule has 0 radical (unpaired) electrons. The molecule has 0 saturated carbocycles. The van der Waals surface area contributed by atoms with Crippen molar-refractivity contribution in [3.05, 3.63) is 34.4 Å². The number of carbonyl (C=O) groups excluding carboxylic acids is 1. The Morgan fingerprint density at radius 2 is 1.81 bits per heavy atom. The van der Waals surface area contributed by atoms with Crippen LogP contribution in [0.4, 0.5) is 8.78 Å². The van der Waals surface area contributed by atoms with E-state index in [2.05, 4.69) is 0 Å². The second-order valence-corrected chi connectivity index (χ2v) is 5.81. The van der Waals surface area contributed by atoms with Crippen LogP contribution in [0.3, 0.4) is 0 Å². The maximum absolute atomic E-state index is 13.7. The fourth-order valence-electron chi connectivity index (χ4n) is 2.27. The first-order chi connectivity index (χ1) is 9.74. The van der Waals surface area contributed by atoms with Gasteiger partial charge in [-0.15, -0.1) is 0 Å². The van der Waals surface area contributed by atoms with E-state index >= 15 is 0 Å². The van der Waals surface area contributed by atoms with Crippen molar-refractivity contribution in [2.24, 2.45) is 5.41 Å². The van der Waals surface area contributed by atoms with Crippen LogP contribution in [0.25, 0.3) is 0 Å². The van der Waals surface area contributed by atoms with Crippen molar-refractivity contribution in [1.29, 1.82) is 0 Å². The minimum absolute atomic E-state index is 0.186. The molecule has 1 fully saturated rings. The number of carboxylic acids is 1. The highest BCUT2D eigenvalue weighted by molar-refractivity contribution is 6.30. The minimum atomic E-state index is -0.918. The third kappa shape index (κ3) is 3.00. The van der Waals surface area contributed by atoms with Crippen LogP contribution in [0, 0.1) is 17.0 Å². The van der Waals surface area contributed by atoms with Gasteiger partial charge < -0.3 is 10.0 Å². The predicted octanol–water partition coefficient (Wildman–Crippen LogP) is 2.95. The average Bonchev–Trinajstić information content (AvgIpc) is 2.43. The summed E-state index contributed by atoms with van der Waals surface area (Å²) in [5.74, 6) is -3.33. The van der Waals surface area contributed by atoms with Gasteiger partial charge in [0.05, 0.1) is 16.0 Å². The summed E-state index contributed by atoms with van der Waals surface area (Å²) in [6, 6.07) is 1.53. The van der Waals surface area contributed by atoms with Crippen LogP contribution in [0.5, 0.6) is 0 Å². The molecule has 1 aliphatic rings. The molecule has 0 bridgehead atoms. The second-order valence-electron chi connectivity index (χ2n) is 5.40. The number of aliphatic carboxylic acids is 1. The molecule has 1 N–H and O–H groups in total. The lowest BCUT2D eigenvalue weighted by Gasteiger charge is -2.36. The summed E-state index contributed by atoms with van der Waals surface area (Å²) in [6.45, 7) is 1.98. The number of carbonyl (C=O) groups is 2. The molecule has 0 aliphatic carbocycles. The molecule has 0 atom stereocenters. The average molecular weight is 318 g/mol. The van der Waals surface area contributed by atoms with Gasteiger partial charge in [0.25, 0.3) is 5.91 Å². The third-order valence-corrected chi connectivity index (χ3v) is 4.20. The first-order valence-electron chi connectivity index (χ1n) is 6.42. The quantitative estimate of drug-likeness (QED) is 0.853. The van der Waals surface area contributed by atoms with Gasteiger partial charge in [0, 0.05) is 13.1 Å². The molecule has 114 valence electrons. The molecule has 1 aromatic rings. The Labute approximate surface area is 125 Å². The number of nitrogens with zero attached hydrogens (tertiary/aromatic N) is 1. The number of rotatable bonds is 2. The standard InChI is InChI=1S/C14H14ClF2NO3/c1-14(13(20)21)2-4-18(5-3-14)12(19)8-6-11(17)9(15)7-10(8)16/h6-7H,2-5H2,1H3,(H,20,21). The summed E-state index contributed by atoms with van der Waals surface area (Å²) in [6.07, 6.45) is 0.539. The molecule has 4 nitrogen and oxygen atoms in total. The Morgan fingerprint density at radius 1 is 1.24 bits per heavy atom. The molecule has 2 rings (SSSR count). The first kappa shape index (κ1) is 15.7. The molecule has 0 spiro atoms. The number of hydrogen-bond acceptors (Lipinski definition) is 2. The normalized spacial score (nSPS) is 17.6. The first-order valence-corrected chi connectivity index (χ1v) is 6.79. The van der Waals surface area contributed by atoms with Crippen molar-refractivity contribution in [2.75, 3.05) is 13.1 Å². The fraction of sp³-hybridized carbons (Fsp3) is 0.429. The van der Waals surface area contributed by atoms with Crippen molar-refractivity contribution >= 4 is 23.5 Å². The molecule has 0 aromatic heterocycles. The third-order valence-electron chi connectivity index (χ3n) is 3.91. The summed E-state index contributed by atoms with van der Waals surface area (Å²) in [5, 5.41) is 8.73. The van der Waals surface area contributed by atoms with Gasteiger partial charge in [-0.1, -0.05) is 11.6 Å². The van der Waals surface area contributed by atoms with Gasteiger partial charge in [0.15, 0.2) is 0 Å². The molecular formula is C14H14ClF2NO3. The van der Waals surface area contributed by atoms with Crippen molar-refractivity contribution in [1.82, 2.24) is 4.90 Å². The lowest BCUT2D eigenvalue weighted by molar-refractivity contribution is -0.150. The maximum Gasteiger partial charge on any atom is 0.309 e. The Morgan fingerprint density at radius 3 is 2.33 bits per heavy atom. The largest absolute Gasteiger partial charge is 0.481 e. The zero-order valence-corrected chi connectivity index (χ0v) is 12.1. The molecular weight excluding hydrogens is 304 g/mol. The maximum atomic E-state index is 13.7. The van der Waals surface area contributed by atoms with E-state index in [4.69, 9.17) is 16.7 Å². The monoisotopic (exact) mass is 317 g/mol. The SMILES string of the molecule is CC1(C(=O)O)CCN(C(=O)c2cc(F)c(Cl)cc2F)CC1. The van der Waals surface area contributed by atoms with Gasteiger partial charge >= 0.3 is 5.97 Å². The number of halogens is 3. The predicted molar refractivity (Wildman–Crippen MR) is 72.2 cm³/mol. The highest BCUT2D eigenvalue weighted by Crippen LogP contribution is 2.32. The van der Waals surface area contributed by atoms with Crippen molar-refractivity contribution < 1.29 is 23.5 Å². The number of piperidine rings is 1. The molecule has 0 unspecified atom stereocenters. The smallest absolute Gasteiger partial charge is 0.309 e. The molecule has 1 amide bonds. The Kier molecular flexibility index (Phi) is 4.18. The van der Waals surface area contributed by atoms with E-state index in [1.807, 2.05) is 0 Å². The number of hydrogen-bond donors (Lipinski definition) is 1. The highest BCUT2D eigenvalue weighted by Gasteiger charge is 2.38. The molecule has 1 heterocycles. The number of carboxylic acid groups (broad SMARTS) is 1. The molecule has 21 heavy (non-hydrogen) atoms. The zero-order valence-electron chi connectivity index (χ0n) is 11.3. The van der Waals surface area contributed by atoms with E-state index in [0.29, 0.717) is 0 Å². The van der Waals surface area contributed by atoms with Crippen LogP contribution in [0.15, 0.2) is 12.1 Å². The van der Waals surface area contributed by atoms with Crippen molar-refractivity contribution in [3.8, 4) is 0 Å². The number of amides is 1. The van der Waals surface area contributed by atoms with Crippen LogP contribution in [-0.2, 0) is 4.79 Å². The molecule has 7 heteroatoms. The topological polar surface area (TPSA) is 57.6 Å². The molecule has 1 saturated heterocycles. The van der Waals surface area contributed by atoms with E-state index in [1.165, 1.54) is 4.90 Å². The van der Waals surface area contributed by atoms with Gasteiger partial charge in [0.1, 0.15) is 11.6 Å². The zero-order chi connectivity index (χ0) is 15.8. The van der Waals surface area contributed by atoms with Crippen LogP contribution < -0.4 is 0 Å². The van der Waals surface area contributed by atoms with E-state index in [-0.39, 0.29) is 31.0 Å². The van der Waals surface area contributed by atoms with E-state index < -0.39 is 34.5 Å². The summed E-state index contributed by atoms with van der Waals surface area (Å²) in [5.41, 5.74) is -1.28. The second kappa shape index (κ2) is 5.60. The van der Waals surface area contributed by atoms with Crippen LogP contribution in [0.1, 0.15) is 30.1 Å². The van der Waals surface area contributed by atoms with Crippen LogP contribution >= 0.6 is 11.6 Å². The van der Waals surface area contributed by atoms with Crippen LogP contribution in [0.2, 0.25) is 5.02 Å². The van der Waals surface area contributed by atoms with Crippen molar-refractivity contribution in [2.45, 2.75) is 19.8 Å². The highest BCUT2D eigenvalue weighted by atomic mass is 35.5. The number of likely N-dealkylation sites (tertiary alicyclic amines) is 1. The van der Waals surface area contributed by atoms with E-state index in [1.54, 1.807) is 6.92 Å². The fourth-order valence-corrected chi connectivity index (χ4v) is 2.42. The van der Waals surface area contributed by atoms with E-state index in [0.717, 1.165) is 12.1 Å².